The topological polar surface area (TPSA) is 125 Å². The fourth-order valence-corrected chi connectivity index (χ4v) is 7.71. The van der Waals surface area contributed by atoms with Gasteiger partial charge in [0.15, 0.2) is 15.5 Å². The van der Waals surface area contributed by atoms with Crippen molar-refractivity contribution in [1.29, 1.82) is 0 Å². The van der Waals surface area contributed by atoms with Gasteiger partial charge in [-0.05, 0) is 64.9 Å². The predicted octanol–water partition coefficient (Wildman–Crippen LogP) is 1.65. The van der Waals surface area contributed by atoms with Gasteiger partial charge >= 0.3 is 0 Å². The summed E-state index contributed by atoms with van der Waals surface area (Å²) in [6, 6.07) is 7.13. The quantitative estimate of drug-likeness (QED) is 0.449. The summed E-state index contributed by atoms with van der Waals surface area (Å²) in [5, 5.41) is 18.5. The van der Waals surface area contributed by atoms with Crippen LogP contribution in [0.3, 0.4) is 0 Å². The number of benzene rings is 1. The van der Waals surface area contributed by atoms with Gasteiger partial charge in [0.2, 0.25) is 0 Å². The van der Waals surface area contributed by atoms with E-state index < -0.39 is 25.4 Å². The first-order valence-corrected chi connectivity index (χ1v) is 14.5. The average molecular weight is 566 g/mol. The van der Waals surface area contributed by atoms with Crippen LogP contribution in [-0.4, -0.2) is 94.2 Å². The zero-order chi connectivity index (χ0) is 28.0. The molecule has 2 aromatic rings. The number of hydrogen-bond acceptors (Lipinski definition) is 7. The second-order valence-electron chi connectivity index (χ2n) is 11.2. The summed E-state index contributed by atoms with van der Waals surface area (Å²) in [6.45, 7) is 3.96. The maximum Gasteiger partial charge on any atom is 0.272 e. The summed E-state index contributed by atoms with van der Waals surface area (Å²) in [4.78, 5) is 29.8. The predicted molar refractivity (Wildman–Crippen MR) is 145 cm³/mol. The van der Waals surface area contributed by atoms with Crippen molar-refractivity contribution in [3.8, 4) is 0 Å². The Morgan fingerprint density at radius 1 is 1.26 bits per heavy atom. The third-order valence-electron chi connectivity index (χ3n) is 7.74. The zero-order valence-corrected chi connectivity index (χ0v) is 24.1. The number of likely N-dealkylation sites (N-methyl/N-ethyl adjacent to an activating group) is 1. The van der Waals surface area contributed by atoms with E-state index in [9.17, 15) is 23.1 Å². The van der Waals surface area contributed by atoms with Gasteiger partial charge in [-0.1, -0.05) is 23.7 Å². The normalized spacial score (nSPS) is 17.9. The number of aliphatic hydroxyl groups excluding tert-OH is 1. The zero-order valence-electron chi connectivity index (χ0n) is 22.5. The van der Waals surface area contributed by atoms with Gasteiger partial charge in [0.1, 0.15) is 5.69 Å². The molecule has 2 aliphatic rings. The van der Waals surface area contributed by atoms with E-state index in [4.69, 9.17) is 11.6 Å². The number of aryl methyl sites for hydroxylation is 1. The number of aromatic nitrogens is 2. The number of fused-ring (bicyclic) bond motifs is 1. The number of sulfone groups is 1. The highest BCUT2D eigenvalue weighted by atomic mass is 35.5. The number of aliphatic hydroxyl groups is 1. The van der Waals surface area contributed by atoms with E-state index in [1.807, 2.05) is 12.1 Å². The number of carbonyl (C=O) groups is 2. The first kappa shape index (κ1) is 28.5. The highest BCUT2D eigenvalue weighted by Crippen LogP contribution is 2.50. The molecule has 2 N–H and O–H groups in total. The van der Waals surface area contributed by atoms with Crippen molar-refractivity contribution in [2.24, 2.45) is 7.05 Å². The van der Waals surface area contributed by atoms with Crippen LogP contribution in [0, 0.1) is 0 Å². The molecule has 0 radical (unpaired) electrons. The Hall–Kier alpha value is -2.47. The molecule has 1 atom stereocenters. The van der Waals surface area contributed by atoms with Gasteiger partial charge in [0.05, 0.1) is 15.6 Å². The fourth-order valence-electron chi connectivity index (χ4n) is 5.07. The third-order valence-corrected chi connectivity index (χ3v) is 11.3. The molecule has 1 aromatic heterocycles. The molecule has 0 saturated heterocycles. The Kier molecular flexibility index (Phi) is 7.70. The first-order valence-electron chi connectivity index (χ1n) is 12.6. The molecule has 2 heterocycles. The lowest BCUT2D eigenvalue weighted by Crippen LogP contribution is -2.56. The molecule has 10 nitrogen and oxygen atoms in total. The minimum absolute atomic E-state index is 0.0506. The Labute approximate surface area is 228 Å². The van der Waals surface area contributed by atoms with Crippen molar-refractivity contribution in [3.63, 3.8) is 0 Å². The summed E-state index contributed by atoms with van der Waals surface area (Å²) in [7, 11) is 1.38. The van der Waals surface area contributed by atoms with Crippen molar-refractivity contribution in [2.45, 2.75) is 55.3 Å². The van der Waals surface area contributed by atoms with Gasteiger partial charge in [0.25, 0.3) is 11.8 Å². The van der Waals surface area contributed by atoms with E-state index >= 15 is 0 Å². The average Bonchev–Trinajstić information content (AvgIpc) is 3.56. The Morgan fingerprint density at radius 3 is 2.47 bits per heavy atom. The summed E-state index contributed by atoms with van der Waals surface area (Å²) in [5.41, 5.74) is 1.94. The van der Waals surface area contributed by atoms with Crippen LogP contribution in [0.1, 0.15) is 58.8 Å². The van der Waals surface area contributed by atoms with Crippen LogP contribution < -0.4 is 5.32 Å². The molecule has 12 heteroatoms. The van der Waals surface area contributed by atoms with Gasteiger partial charge in [-0.15, -0.1) is 0 Å². The third kappa shape index (κ3) is 5.09. The lowest BCUT2D eigenvalue weighted by molar-refractivity contribution is 0.0722. The second-order valence-corrected chi connectivity index (χ2v) is 14.5. The smallest absolute Gasteiger partial charge is 0.272 e. The number of rotatable bonds is 10. The summed E-state index contributed by atoms with van der Waals surface area (Å²) in [5.74, 6) is -0.720. The van der Waals surface area contributed by atoms with E-state index in [0.717, 1.165) is 5.56 Å². The molecule has 1 aliphatic heterocycles. The Bertz CT molecular complexity index is 1330. The van der Waals surface area contributed by atoms with Crippen LogP contribution in [0.2, 0.25) is 5.02 Å². The van der Waals surface area contributed by atoms with Crippen molar-refractivity contribution >= 4 is 33.3 Å². The molecule has 4 rings (SSSR count). The standard InChI is InChI=1S/C26H36ClN5O5S/c1-25(2,20(33)15-30(3)4)38(36,37)26(11-12-26)16-32-13-10-19-21(29-31(5)22(19)24(32)35)23(34)28-14-17-6-8-18(27)9-7-17/h6-9,20,33H,10-16H2,1-5H3,(H,28,34). The second kappa shape index (κ2) is 10.3. The van der Waals surface area contributed by atoms with Crippen molar-refractivity contribution in [2.75, 3.05) is 33.7 Å². The molecule has 1 unspecified atom stereocenters. The van der Waals surface area contributed by atoms with Crippen LogP contribution in [0.25, 0.3) is 0 Å². The molecule has 38 heavy (non-hydrogen) atoms. The van der Waals surface area contributed by atoms with Gasteiger partial charge in [0, 0.05) is 43.8 Å². The Balaban J connectivity index is 1.50. The highest BCUT2D eigenvalue weighted by molar-refractivity contribution is 7.94. The molecule has 208 valence electrons. The van der Waals surface area contributed by atoms with E-state index in [2.05, 4.69) is 10.4 Å². The maximum atomic E-state index is 13.8. The number of hydrogen-bond donors (Lipinski definition) is 2. The van der Waals surface area contributed by atoms with Crippen LogP contribution >= 0.6 is 11.6 Å². The first-order chi connectivity index (χ1) is 17.7. The number of nitrogens with one attached hydrogen (secondary N) is 1. The maximum absolute atomic E-state index is 13.8. The Morgan fingerprint density at radius 2 is 1.89 bits per heavy atom. The molecular weight excluding hydrogens is 530 g/mol. The molecule has 1 aromatic carbocycles. The number of nitrogens with zero attached hydrogens (tertiary/aromatic N) is 4. The monoisotopic (exact) mass is 565 g/mol. The van der Waals surface area contributed by atoms with E-state index in [1.165, 1.54) is 4.68 Å². The van der Waals surface area contributed by atoms with Crippen LogP contribution in [0.15, 0.2) is 24.3 Å². The minimum atomic E-state index is -3.79. The molecule has 1 fully saturated rings. The summed E-state index contributed by atoms with van der Waals surface area (Å²) < 4.78 is 26.5. The molecule has 0 spiro atoms. The highest BCUT2D eigenvalue weighted by Gasteiger charge is 2.62. The van der Waals surface area contributed by atoms with Gasteiger partial charge in [-0.25, -0.2) is 8.42 Å². The van der Waals surface area contributed by atoms with E-state index in [0.29, 0.717) is 35.5 Å². The van der Waals surface area contributed by atoms with Crippen molar-refractivity contribution in [1.82, 2.24) is 24.9 Å². The van der Waals surface area contributed by atoms with Crippen LogP contribution in [-0.2, 0) is 29.9 Å². The summed E-state index contributed by atoms with van der Waals surface area (Å²) in [6.07, 6.45) is 0.193. The number of amides is 2. The molecule has 0 bridgehead atoms. The van der Waals surface area contributed by atoms with Crippen molar-refractivity contribution < 1.29 is 23.1 Å². The van der Waals surface area contributed by atoms with Gasteiger partial charge < -0.3 is 20.2 Å². The fraction of sp³-hybridized carbons (Fsp3) is 0.577. The lowest BCUT2D eigenvalue weighted by Gasteiger charge is -2.38. The number of carbonyl (C=O) groups excluding carboxylic acids is 2. The number of halogens is 1. The van der Waals surface area contributed by atoms with Gasteiger partial charge in [-0.2, -0.15) is 5.10 Å². The minimum Gasteiger partial charge on any atom is -0.390 e. The summed E-state index contributed by atoms with van der Waals surface area (Å²) >= 11 is 5.92. The largest absolute Gasteiger partial charge is 0.390 e. The molecular formula is C26H36ClN5O5S. The molecule has 1 aliphatic carbocycles. The molecule has 2 amide bonds. The lowest BCUT2D eigenvalue weighted by atomic mass is 10.0. The van der Waals surface area contributed by atoms with Crippen molar-refractivity contribution in [3.05, 3.63) is 51.8 Å². The van der Waals surface area contributed by atoms with Gasteiger partial charge in [-0.3, -0.25) is 14.3 Å². The van der Waals surface area contributed by atoms with Crippen LogP contribution in [0.5, 0.6) is 0 Å². The van der Waals surface area contributed by atoms with E-state index in [-0.39, 0.29) is 43.7 Å². The SMILES string of the molecule is CN(C)CC(O)C(C)(C)S(=O)(=O)C1(CN2CCc3c(C(=O)NCc4ccc(Cl)cc4)nn(C)c3C2=O)CC1. The van der Waals surface area contributed by atoms with Crippen LogP contribution in [0.4, 0.5) is 0 Å². The molecule has 1 saturated carbocycles. The van der Waals surface area contributed by atoms with E-state index in [1.54, 1.807) is 56.9 Å².